The number of primary sulfonamides is 1. The zero-order valence-corrected chi connectivity index (χ0v) is 15.7. The van der Waals surface area contributed by atoms with Gasteiger partial charge in [0.05, 0.1) is 4.90 Å². The molecule has 0 bridgehead atoms. The molecule has 0 saturated heterocycles. The third kappa shape index (κ3) is 5.12. The summed E-state index contributed by atoms with van der Waals surface area (Å²) in [5, 5.41) is 5.04. The zero-order chi connectivity index (χ0) is 17.8. The van der Waals surface area contributed by atoms with Crippen molar-refractivity contribution in [2.24, 2.45) is 5.14 Å². The maximum atomic E-state index is 12.1. The molecule has 0 radical (unpaired) electrons. The van der Waals surface area contributed by atoms with Crippen LogP contribution in [0.4, 0.5) is 0 Å². The van der Waals surface area contributed by atoms with Crippen molar-refractivity contribution < 1.29 is 16.8 Å². The topological polar surface area (TPSA) is 106 Å². The first-order chi connectivity index (χ1) is 11.2. The van der Waals surface area contributed by atoms with E-state index in [-0.39, 0.29) is 4.90 Å². The van der Waals surface area contributed by atoms with Gasteiger partial charge in [-0.15, -0.1) is 11.3 Å². The van der Waals surface area contributed by atoms with Crippen LogP contribution in [-0.2, 0) is 32.9 Å². The first-order valence-electron chi connectivity index (χ1n) is 7.42. The molecule has 0 saturated carbocycles. The molecule has 0 aliphatic heterocycles. The van der Waals surface area contributed by atoms with Gasteiger partial charge in [0.25, 0.3) is 0 Å². The predicted octanol–water partition coefficient (Wildman–Crippen LogP) is 1.87. The molecule has 1 heterocycles. The van der Waals surface area contributed by atoms with Crippen LogP contribution in [0.3, 0.4) is 0 Å². The molecule has 0 aliphatic rings. The fourth-order valence-electron chi connectivity index (χ4n) is 2.11. The molecule has 0 atom stereocenters. The molecule has 0 spiro atoms. The molecule has 0 aliphatic carbocycles. The summed E-state index contributed by atoms with van der Waals surface area (Å²) in [6, 6.07) is 9.71. The van der Waals surface area contributed by atoms with Crippen molar-refractivity contribution in [2.75, 3.05) is 6.54 Å². The van der Waals surface area contributed by atoms with Crippen molar-refractivity contribution in [1.29, 1.82) is 0 Å². The highest BCUT2D eigenvalue weighted by Gasteiger charge is 2.15. The van der Waals surface area contributed by atoms with Crippen LogP contribution in [0.1, 0.15) is 23.8 Å². The summed E-state index contributed by atoms with van der Waals surface area (Å²) in [6.45, 7) is 2.30. The Labute approximate surface area is 146 Å². The first-order valence-corrected chi connectivity index (χ1v) is 11.3. The smallest absolute Gasteiger partial charge is 0.225 e. The van der Waals surface area contributed by atoms with Crippen molar-refractivity contribution in [3.63, 3.8) is 0 Å². The molecule has 0 unspecified atom stereocenters. The summed E-state index contributed by atoms with van der Waals surface area (Å²) >= 11 is 1.28. The minimum Gasteiger partial charge on any atom is -0.225 e. The molecule has 132 valence electrons. The van der Waals surface area contributed by atoms with E-state index in [0.29, 0.717) is 23.6 Å². The maximum absolute atomic E-state index is 12.1. The molecule has 1 aromatic heterocycles. The van der Waals surface area contributed by atoms with Gasteiger partial charge in [0, 0.05) is 11.4 Å². The number of nitrogens with two attached hydrogens (primary N) is 1. The van der Waals surface area contributed by atoms with E-state index in [1.54, 1.807) is 18.2 Å². The van der Waals surface area contributed by atoms with Crippen LogP contribution in [-0.4, -0.2) is 23.4 Å². The van der Waals surface area contributed by atoms with Crippen molar-refractivity contribution in [3.05, 3.63) is 46.8 Å². The Hall–Kier alpha value is -1.26. The molecule has 3 N–H and O–H groups in total. The molecular weight excluding hydrogens is 368 g/mol. The first kappa shape index (κ1) is 19.1. The van der Waals surface area contributed by atoms with Crippen LogP contribution in [0.5, 0.6) is 0 Å². The van der Waals surface area contributed by atoms with Crippen molar-refractivity contribution >= 4 is 31.4 Å². The Morgan fingerprint density at radius 2 is 1.71 bits per heavy atom. The van der Waals surface area contributed by atoms with Gasteiger partial charge < -0.3 is 0 Å². The van der Waals surface area contributed by atoms with Crippen molar-refractivity contribution in [3.8, 4) is 0 Å². The van der Waals surface area contributed by atoms with Crippen LogP contribution in [0.15, 0.2) is 45.5 Å². The number of aryl methyl sites for hydroxylation is 2. The third-order valence-corrected chi connectivity index (χ3v) is 7.55. The number of hydrogen-bond acceptors (Lipinski definition) is 5. The fourth-order valence-corrected chi connectivity index (χ4v) is 5.04. The van der Waals surface area contributed by atoms with E-state index in [9.17, 15) is 16.8 Å². The molecule has 6 nitrogen and oxygen atoms in total. The van der Waals surface area contributed by atoms with Gasteiger partial charge in [-0.25, -0.2) is 26.7 Å². The number of hydrogen-bond donors (Lipinski definition) is 2. The van der Waals surface area contributed by atoms with Crippen molar-refractivity contribution in [1.82, 2.24) is 4.72 Å². The molecule has 0 amide bonds. The Bertz CT molecular complexity index is 885. The summed E-state index contributed by atoms with van der Waals surface area (Å²) in [4.78, 5) is 1.10. The molecule has 2 rings (SSSR count). The van der Waals surface area contributed by atoms with E-state index in [1.807, 2.05) is 13.0 Å². The lowest BCUT2D eigenvalue weighted by atomic mass is 10.1. The van der Waals surface area contributed by atoms with Crippen LogP contribution >= 0.6 is 11.3 Å². The Kier molecular flexibility index (Phi) is 6.16. The SMILES string of the molecule is CCc1ccc(S(=O)(=O)NCCCc2ccc(S(N)(=O)=O)cc2)s1. The highest BCUT2D eigenvalue weighted by atomic mass is 32.2. The van der Waals surface area contributed by atoms with Crippen LogP contribution in [0.25, 0.3) is 0 Å². The highest BCUT2D eigenvalue weighted by molar-refractivity contribution is 7.91. The van der Waals surface area contributed by atoms with Gasteiger partial charge in [0.1, 0.15) is 4.21 Å². The maximum Gasteiger partial charge on any atom is 0.250 e. The number of rotatable bonds is 8. The summed E-state index contributed by atoms with van der Waals surface area (Å²) < 4.78 is 49.6. The molecule has 0 fully saturated rings. The Morgan fingerprint density at radius 3 is 2.25 bits per heavy atom. The van der Waals surface area contributed by atoms with E-state index in [1.165, 1.54) is 23.5 Å². The Balaban J connectivity index is 1.86. The van der Waals surface area contributed by atoms with E-state index >= 15 is 0 Å². The van der Waals surface area contributed by atoms with Gasteiger partial charge >= 0.3 is 0 Å². The lowest BCUT2D eigenvalue weighted by Crippen LogP contribution is -2.24. The van der Waals surface area contributed by atoms with E-state index in [2.05, 4.69) is 4.72 Å². The summed E-state index contributed by atoms with van der Waals surface area (Å²) in [6.07, 6.45) is 2.06. The number of thiophene rings is 1. The number of nitrogens with one attached hydrogen (secondary N) is 1. The van der Waals surface area contributed by atoms with Crippen LogP contribution in [0.2, 0.25) is 0 Å². The normalized spacial score (nSPS) is 12.4. The highest BCUT2D eigenvalue weighted by Crippen LogP contribution is 2.21. The summed E-state index contributed by atoms with van der Waals surface area (Å²) in [5.41, 5.74) is 0.922. The zero-order valence-electron chi connectivity index (χ0n) is 13.2. The molecule has 24 heavy (non-hydrogen) atoms. The number of sulfonamides is 2. The average Bonchev–Trinajstić information content (AvgIpc) is 3.01. The monoisotopic (exact) mass is 388 g/mol. The van der Waals surface area contributed by atoms with Gasteiger partial charge in [0.15, 0.2) is 0 Å². The third-order valence-electron chi connectivity index (χ3n) is 3.44. The van der Waals surface area contributed by atoms with Gasteiger partial charge in [0.2, 0.25) is 20.0 Å². The molecule has 1 aromatic carbocycles. The largest absolute Gasteiger partial charge is 0.250 e. The number of benzene rings is 1. The second kappa shape index (κ2) is 7.75. The summed E-state index contributed by atoms with van der Waals surface area (Å²) in [5.74, 6) is 0. The Morgan fingerprint density at radius 1 is 1.04 bits per heavy atom. The second-order valence-corrected chi connectivity index (χ2v) is 9.99. The quantitative estimate of drug-likeness (QED) is 0.673. The van der Waals surface area contributed by atoms with Crippen molar-refractivity contribution in [2.45, 2.75) is 35.3 Å². The fraction of sp³-hybridized carbons (Fsp3) is 0.333. The van der Waals surface area contributed by atoms with E-state index in [0.717, 1.165) is 16.9 Å². The summed E-state index contributed by atoms with van der Waals surface area (Å²) in [7, 11) is -7.14. The van der Waals surface area contributed by atoms with Crippen LogP contribution in [0, 0.1) is 0 Å². The van der Waals surface area contributed by atoms with Gasteiger partial charge in [-0.05, 0) is 49.1 Å². The second-order valence-electron chi connectivity index (χ2n) is 5.26. The minimum atomic E-state index is -3.69. The lowest BCUT2D eigenvalue weighted by molar-refractivity contribution is 0.581. The average molecular weight is 389 g/mol. The molecular formula is C15H20N2O4S3. The van der Waals surface area contributed by atoms with E-state index < -0.39 is 20.0 Å². The minimum absolute atomic E-state index is 0.0661. The molecule has 2 aromatic rings. The van der Waals surface area contributed by atoms with Crippen LogP contribution < -0.4 is 9.86 Å². The van der Waals surface area contributed by atoms with E-state index in [4.69, 9.17) is 5.14 Å². The standard InChI is InChI=1S/C15H20N2O4S3/c1-2-13-7-10-15(22-13)24(20,21)17-11-3-4-12-5-8-14(9-6-12)23(16,18)19/h5-10,17H,2-4,11H2,1H3,(H2,16,18,19). The van der Waals surface area contributed by atoms with Gasteiger partial charge in [-0.2, -0.15) is 0 Å². The lowest BCUT2D eigenvalue weighted by Gasteiger charge is -2.05. The van der Waals surface area contributed by atoms with Gasteiger partial charge in [-0.1, -0.05) is 19.1 Å². The molecule has 9 heteroatoms. The van der Waals surface area contributed by atoms with Gasteiger partial charge in [-0.3, -0.25) is 0 Å². The predicted molar refractivity (Wildman–Crippen MR) is 95.0 cm³/mol.